The third kappa shape index (κ3) is 4.87. The fourth-order valence-corrected chi connectivity index (χ4v) is 4.93. The number of benzene rings is 2. The van der Waals surface area contributed by atoms with Crippen LogP contribution < -0.4 is 24.4 Å². The normalized spacial score (nSPS) is 15.5. The van der Waals surface area contributed by atoms with Crippen LogP contribution in [0.2, 0.25) is 0 Å². The molecule has 11 heteroatoms. The van der Waals surface area contributed by atoms with Gasteiger partial charge in [0, 0.05) is 0 Å². The van der Waals surface area contributed by atoms with Crippen molar-refractivity contribution in [3.63, 3.8) is 0 Å². The van der Waals surface area contributed by atoms with Gasteiger partial charge in [0.05, 0.1) is 35.6 Å². The molecule has 1 aromatic heterocycles. The van der Waals surface area contributed by atoms with Gasteiger partial charge in [-0.25, -0.2) is 9.79 Å². The molecular formula is C25H22F2N2O6S. The van der Waals surface area contributed by atoms with Gasteiger partial charge in [0.2, 0.25) is 0 Å². The van der Waals surface area contributed by atoms with Gasteiger partial charge in [0.15, 0.2) is 16.3 Å². The molecule has 1 unspecified atom stereocenters. The van der Waals surface area contributed by atoms with Crippen LogP contribution in [0, 0.1) is 0 Å². The Morgan fingerprint density at radius 3 is 2.58 bits per heavy atom. The van der Waals surface area contributed by atoms with Crippen LogP contribution in [0.5, 0.6) is 17.2 Å². The van der Waals surface area contributed by atoms with Gasteiger partial charge in [0.25, 0.3) is 5.56 Å². The number of hydrogen-bond donors (Lipinski definition) is 1. The van der Waals surface area contributed by atoms with Crippen LogP contribution >= 0.6 is 11.3 Å². The summed E-state index contributed by atoms with van der Waals surface area (Å²) < 4.78 is 41.8. The zero-order chi connectivity index (χ0) is 26.0. The molecule has 0 amide bonds. The number of phenolic OH excluding ortho intramolecular Hbond substituents is 1. The summed E-state index contributed by atoms with van der Waals surface area (Å²) in [6, 6.07) is 9.70. The Bertz CT molecular complexity index is 1510. The minimum Gasteiger partial charge on any atom is -0.508 e. The van der Waals surface area contributed by atoms with Crippen molar-refractivity contribution in [2.75, 3.05) is 13.7 Å². The molecule has 0 spiro atoms. The Hall–Kier alpha value is -3.99. The molecule has 4 rings (SSSR count). The van der Waals surface area contributed by atoms with Crippen molar-refractivity contribution < 1.29 is 32.9 Å². The number of nitrogens with zero attached hydrogens (tertiary/aromatic N) is 2. The molecule has 1 aliphatic rings. The summed E-state index contributed by atoms with van der Waals surface area (Å²) in [4.78, 5) is 31.3. The Morgan fingerprint density at radius 1 is 1.22 bits per heavy atom. The van der Waals surface area contributed by atoms with Crippen molar-refractivity contribution in [3.8, 4) is 17.2 Å². The van der Waals surface area contributed by atoms with Crippen LogP contribution in [0.15, 0.2) is 63.5 Å². The summed E-state index contributed by atoms with van der Waals surface area (Å²) >= 11 is 1.12. The van der Waals surface area contributed by atoms with E-state index in [9.17, 15) is 23.5 Å². The third-order valence-electron chi connectivity index (χ3n) is 5.43. The van der Waals surface area contributed by atoms with E-state index in [2.05, 4.69) is 9.73 Å². The Kier molecular flexibility index (Phi) is 7.20. The van der Waals surface area contributed by atoms with Crippen molar-refractivity contribution in [1.82, 2.24) is 4.57 Å². The maximum absolute atomic E-state index is 13.6. The Labute approximate surface area is 208 Å². The zero-order valence-corrected chi connectivity index (χ0v) is 20.3. The third-order valence-corrected chi connectivity index (χ3v) is 6.41. The number of carbonyl (C=O) groups is 1. The quantitative estimate of drug-likeness (QED) is 0.485. The molecule has 0 radical (unpaired) electrons. The topological polar surface area (TPSA) is 99.4 Å². The average Bonchev–Trinajstić information content (AvgIpc) is 3.13. The van der Waals surface area contributed by atoms with E-state index >= 15 is 0 Å². The predicted molar refractivity (Wildman–Crippen MR) is 128 cm³/mol. The minimum absolute atomic E-state index is 0.0396. The smallest absolute Gasteiger partial charge is 0.387 e. The molecule has 0 saturated carbocycles. The van der Waals surface area contributed by atoms with E-state index in [1.807, 2.05) is 0 Å². The van der Waals surface area contributed by atoms with Gasteiger partial charge in [-0.3, -0.25) is 9.36 Å². The fourth-order valence-electron chi connectivity index (χ4n) is 3.88. The maximum atomic E-state index is 13.6. The van der Waals surface area contributed by atoms with E-state index in [0.29, 0.717) is 26.2 Å². The van der Waals surface area contributed by atoms with E-state index in [4.69, 9.17) is 9.47 Å². The highest BCUT2D eigenvalue weighted by Gasteiger charge is 2.33. The van der Waals surface area contributed by atoms with Crippen molar-refractivity contribution in [2.45, 2.75) is 26.5 Å². The van der Waals surface area contributed by atoms with E-state index in [1.54, 1.807) is 32.1 Å². The van der Waals surface area contributed by atoms with Gasteiger partial charge in [-0.15, -0.1) is 0 Å². The highest BCUT2D eigenvalue weighted by Crippen LogP contribution is 2.32. The number of fused-ring (bicyclic) bond motifs is 1. The Balaban J connectivity index is 1.88. The van der Waals surface area contributed by atoms with Gasteiger partial charge < -0.3 is 19.3 Å². The van der Waals surface area contributed by atoms with Gasteiger partial charge in [-0.2, -0.15) is 8.78 Å². The molecule has 1 aliphatic heterocycles. The summed E-state index contributed by atoms with van der Waals surface area (Å²) in [6.07, 6.45) is 1.58. The number of rotatable bonds is 7. The molecule has 2 heterocycles. The molecule has 3 aromatic rings. The zero-order valence-electron chi connectivity index (χ0n) is 19.5. The molecule has 0 bridgehead atoms. The van der Waals surface area contributed by atoms with Crippen LogP contribution in [0.1, 0.15) is 31.0 Å². The number of alkyl halides is 2. The SMILES string of the molecule is CCOC(=O)C1=C(C)N=c2sc(=Cc3ccc(OC(F)F)c(OC)c3)c(=O)n2C1c1ccc(O)cc1. The van der Waals surface area contributed by atoms with E-state index in [1.165, 1.54) is 42.0 Å². The average molecular weight is 517 g/mol. The minimum atomic E-state index is -3.01. The number of carbonyl (C=O) groups excluding carboxylic acids is 1. The molecule has 8 nitrogen and oxygen atoms in total. The molecule has 2 aromatic carbocycles. The number of esters is 1. The first-order chi connectivity index (χ1) is 17.2. The number of ether oxygens (including phenoxy) is 3. The van der Waals surface area contributed by atoms with Gasteiger partial charge in [0.1, 0.15) is 5.75 Å². The van der Waals surface area contributed by atoms with Crippen LogP contribution in [-0.4, -0.2) is 36.0 Å². The van der Waals surface area contributed by atoms with E-state index in [0.717, 1.165) is 11.3 Å². The second-order valence-corrected chi connectivity index (χ2v) is 8.69. The van der Waals surface area contributed by atoms with Crippen LogP contribution in [0.4, 0.5) is 8.78 Å². The summed E-state index contributed by atoms with van der Waals surface area (Å²) in [5.41, 5.74) is 1.33. The molecule has 36 heavy (non-hydrogen) atoms. The maximum Gasteiger partial charge on any atom is 0.387 e. The summed E-state index contributed by atoms with van der Waals surface area (Å²) in [7, 11) is 1.32. The number of aromatic hydroxyl groups is 1. The fraction of sp³-hybridized carbons (Fsp3) is 0.240. The van der Waals surface area contributed by atoms with Crippen LogP contribution in [0.25, 0.3) is 6.08 Å². The van der Waals surface area contributed by atoms with Crippen LogP contribution in [-0.2, 0) is 9.53 Å². The van der Waals surface area contributed by atoms with Gasteiger partial charge in [-0.1, -0.05) is 29.5 Å². The number of halogens is 2. The highest BCUT2D eigenvalue weighted by molar-refractivity contribution is 7.07. The van der Waals surface area contributed by atoms with Gasteiger partial charge in [-0.05, 0) is 55.3 Å². The Morgan fingerprint density at radius 2 is 1.94 bits per heavy atom. The monoisotopic (exact) mass is 516 g/mol. The number of hydrogen-bond acceptors (Lipinski definition) is 8. The van der Waals surface area contributed by atoms with Crippen molar-refractivity contribution >= 4 is 23.4 Å². The molecule has 0 saturated heterocycles. The molecular weight excluding hydrogens is 494 g/mol. The van der Waals surface area contributed by atoms with Crippen LogP contribution in [0.3, 0.4) is 0 Å². The van der Waals surface area contributed by atoms with E-state index < -0.39 is 24.2 Å². The summed E-state index contributed by atoms with van der Waals surface area (Å²) in [5, 5.41) is 9.74. The second kappa shape index (κ2) is 10.3. The number of thiazole rings is 1. The van der Waals surface area contributed by atoms with E-state index in [-0.39, 0.29) is 29.4 Å². The molecule has 188 valence electrons. The first-order valence-electron chi connectivity index (χ1n) is 10.8. The second-order valence-electron chi connectivity index (χ2n) is 7.68. The lowest BCUT2D eigenvalue weighted by molar-refractivity contribution is -0.139. The lowest BCUT2D eigenvalue weighted by Crippen LogP contribution is -2.39. The number of allylic oxidation sites excluding steroid dienone is 1. The van der Waals surface area contributed by atoms with Crippen molar-refractivity contribution in [1.29, 1.82) is 0 Å². The number of aromatic nitrogens is 1. The number of phenols is 1. The molecule has 0 aliphatic carbocycles. The summed E-state index contributed by atoms with van der Waals surface area (Å²) in [5.74, 6) is -0.601. The van der Waals surface area contributed by atoms with Gasteiger partial charge >= 0.3 is 12.6 Å². The number of methoxy groups -OCH3 is 1. The lowest BCUT2D eigenvalue weighted by atomic mass is 9.96. The van der Waals surface area contributed by atoms with Crippen molar-refractivity contribution in [3.05, 3.63) is 84.5 Å². The summed E-state index contributed by atoms with van der Waals surface area (Å²) in [6.45, 7) is 0.494. The first kappa shape index (κ1) is 25.1. The standard InChI is InChI=1S/C25H22F2N2O6S/c1-4-34-23(32)20-13(2)28-25-29(21(20)15-6-8-16(30)9-7-15)22(31)19(36-25)12-14-5-10-17(35-24(26)27)18(11-14)33-3/h5-12,21,24,30H,4H2,1-3H3. The largest absolute Gasteiger partial charge is 0.508 e. The molecule has 1 atom stereocenters. The first-order valence-corrected chi connectivity index (χ1v) is 11.7. The highest BCUT2D eigenvalue weighted by atomic mass is 32.1. The molecule has 1 N–H and O–H groups in total. The lowest BCUT2D eigenvalue weighted by Gasteiger charge is -2.24. The van der Waals surface area contributed by atoms with Crippen molar-refractivity contribution in [2.24, 2.45) is 4.99 Å². The predicted octanol–water partition coefficient (Wildman–Crippen LogP) is 3.11. The molecule has 0 fully saturated rings.